The molecule has 31 heavy (non-hydrogen) atoms. The first-order valence-electron chi connectivity index (χ1n) is 9.98. The Labute approximate surface area is 188 Å². The highest BCUT2D eigenvalue weighted by molar-refractivity contribution is 8.00. The molecule has 0 spiro atoms. The van der Waals surface area contributed by atoms with Crippen molar-refractivity contribution in [1.82, 2.24) is 14.9 Å². The number of rotatable bonds is 8. The number of thioether (sulfide) groups is 1. The standard InChI is InChI=1S/C22H23N3O4S2/c1-13-23-17-5-3-14(29-2)11-16(17)21(24-13)30-12-19(27)20-6-4-15(31-20)7-9-25-10-8-18(26)22(25)28/h3-6,11,18,26H,7-10,12H2,1-2H3. The van der Waals surface area contributed by atoms with E-state index in [0.717, 1.165) is 26.6 Å². The highest BCUT2D eigenvalue weighted by atomic mass is 32.2. The van der Waals surface area contributed by atoms with Crippen LogP contribution in [0.15, 0.2) is 35.4 Å². The van der Waals surface area contributed by atoms with Crippen molar-refractivity contribution >= 4 is 45.7 Å². The lowest BCUT2D eigenvalue weighted by molar-refractivity contribution is -0.134. The zero-order chi connectivity index (χ0) is 22.0. The summed E-state index contributed by atoms with van der Waals surface area (Å²) < 4.78 is 5.31. The Morgan fingerprint density at radius 2 is 2.16 bits per heavy atom. The normalized spacial score (nSPS) is 16.3. The average Bonchev–Trinajstić information content (AvgIpc) is 3.37. The lowest BCUT2D eigenvalue weighted by Gasteiger charge is -2.14. The minimum Gasteiger partial charge on any atom is -0.497 e. The highest BCUT2D eigenvalue weighted by Gasteiger charge is 2.29. The van der Waals surface area contributed by atoms with Crippen molar-refractivity contribution in [2.24, 2.45) is 0 Å². The molecule has 4 rings (SSSR count). The van der Waals surface area contributed by atoms with Gasteiger partial charge in [-0.1, -0.05) is 11.8 Å². The number of carbonyl (C=O) groups excluding carboxylic acids is 2. The molecule has 1 unspecified atom stereocenters. The Morgan fingerprint density at radius 3 is 2.90 bits per heavy atom. The summed E-state index contributed by atoms with van der Waals surface area (Å²) >= 11 is 2.86. The Morgan fingerprint density at radius 1 is 1.32 bits per heavy atom. The number of amides is 1. The second-order valence-electron chi connectivity index (χ2n) is 7.32. The molecule has 1 N–H and O–H groups in total. The van der Waals surface area contributed by atoms with Crippen LogP contribution in [-0.2, 0) is 11.2 Å². The number of aromatic nitrogens is 2. The van der Waals surface area contributed by atoms with Crippen LogP contribution in [0.3, 0.4) is 0 Å². The second-order valence-corrected chi connectivity index (χ2v) is 9.45. The van der Waals surface area contributed by atoms with E-state index in [4.69, 9.17) is 4.74 Å². The number of aryl methyl sites for hydroxylation is 1. The number of benzene rings is 1. The Bertz CT molecular complexity index is 1130. The molecule has 9 heteroatoms. The number of aliphatic hydroxyl groups is 1. The average molecular weight is 458 g/mol. The maximum atomic E-state index is 12.8. The van der Waals surface area contributed by atoms with Gasteiger partial charge in [-0.15, -0.1) is 11.3 Å². The summed E-state index contributed by atoms with van der Waals surface area (Å²) in [5, 5.41) is 11.2. The number of ketones is 1. The van der Waals surface area contributed by atoms with E-state index in [-0.39, 0.29) is 17.4 Å². The molecule has 1 aromatic carbocycles. The molecule has 0 radical (unpaired) electrons. The van der Waals surface area contributed by atoms with Crippen LogP contribution in [-0.4, -0.2) is 63.7 Å². The summed E-state index contributed by atoms with van der Waals surface area (Å²) in [4.78, 5) is 37.0. The van der Waals surface area contributed by atoms with E-state index in [1.807, 2.05) is 37.3 Å². The minimum absolute atomic E-state index is 0.0428. The van der Waals surface area contributed by atoms with Gasteiger partial charge in [-0.05, 0) is 50.1 Å². The fourth-order valence-corrected chi connectivity index (χ4v) is 5.45. The molecule has 0 saturated carbocycles. The molecule has 1 aliphatic heterocycles. The third-order valence-corrected chi connectivity index (χ3v) is 7.33. The fraction of sp³-hybridized carbons (Fsp3) is 0.364. The molecule has 0 bridgehead atoms. The summed E-state index contributed by atoms with van der Waals surface area (Å²) in [6.45, 7) is 2.99. The molecule has 3 heterocycles. The van der Waals surface area contributed by atoms with Crippen molar-refractivity contribution in [3.8, 4) is 5.75 Å². The molecule has 0 aliphatic carbocycles. The summed E-state index contributed by atoms with van der Waals surface area (Å²) in [6.07, 6.45) is 0.311. The van der Waals surface area contributed by atoms with Gasteiger partial charge in [0, 0.05) is 23.4 Å². The number of carbonyl (C=O) groups is 2. The van der Waals surface area contributed by atoms with Gasteiger partial charge in [-0.3, -0.25) is 9.59 Å². The zero-order valence-corrected chi connectivity index (χ0v) is 19.0. The van der Waals surface area contributed by atoms with Crippen LogP contribution in [0.25, 0.3) is 10.9 Å². The Balaban J connectivity index is 1.40. The lowest BCUT2D eigenvalue weighted by atomic mass is 10.2. The topological polar surface area (TPSA) is 92.6 Å². The van der Waals surface area contributed by atoms with Gasteiger partial charge in [0.1, 0.15) is 22.7 Å². The number of hydrogen-bond donors (Lipinski definition) is 1. The number of methoxy groups -OCH3 is 1. The number of thiophene rings is 1. The van der Waals surface area contributed by atoms with Crippen molar-refractivity contribution in [3.05, 3.63) is 45.9 Å². The maximum Gasteiger partial charge on any atom is 0.251 e. The highest BCUT2D eigenvalue weighted by Crippen LogP contribution is 2.30. The third-order valence-electron chi connectivity index (χ3n) is 5.15. The van der Waals surface area contributed by atoms with Gasteiger partial charge in [0.2, 0.25) is 0 Å². The predicted molar refractivity (Wildman–Crippen MR) is 121 cm³/mol. The van der Waals surface area contributed by atoms with Gasteiger partial charge < -0.3 is 14.7 Å². The Kier molecular flexibility index (Phi) is 6.54. The summed E-state index contributed by atoms with van der Waals surface area (Å²) in [5.74, 6) is 1.50. The van der Waals surface area contributed by atoms with Crippen LogP contribution in [0.5, 0.6) is 5.75 Å². The zero-order valence-electron chi connectivity index (χ0n) is 17.3. The molecule has 162 valence electrons. The number of aliphatic hydroxyl groups excluding tert-OH is 1. The summed E-state index contributed by atoms with van der Waals surface area (Å²) in [6, 6.07) is 9.42. The lowest BCUT2D eigenvalue weighted by Crippen LogP contribution is -2.31. The fourth-order valence-electron chi connectivity index (χ4n) is 3.48. The number of ether oxygens (including phenoxy) is 1. The van der Waals surface area contributed by atoms with Crippen molar-refractivity contribution in [2.75, 3.05) is 26.0 Å². The number of hydrogen-bond acceptors (Lipinski definition) is 8. The first-order valence-corrected chi connectivity index (χ1v) is 11.8. The molecule has 7 nitrogen and oxygen atoms in total. The second kappa shape index (κ2) is 9.33. The summed E-state index contributed by atoms with van der Waals surface area (Å²) in [5.41, 5.74) is 0.822. The van der Waals surface area contributed by atoms with E-state index in [9.17, 15) is 14.7 Å². The van der Waals surface area contributed by atoms with E-state index in [0.29, 0.717) is 36.6 Å². The molecule has 1 aliphatic rings. The Hall–Kier alpha value is -2.49. The van der Waals surface area contributed by atoms with Gasteiger partial charge in [-0.25, -0.2) is 9.97 Å². The van der Waals surface area contributed by atoms with Crippen LogP contribution in [0.1, 0.15) is 26.8 Å². The molecule has 1 atom stereocenters. The number of likely N-dealkylation sites (tertiary alicyclic amines) is 1. The molecular weight excluding hydrogens is 434 g/mol. The van der Waals surface area contributed by atoms with Crippen molar-refractivity contribution in [3.63, 3.8) is 0 Å². The van der Waals surface area contributed by atoms with E-state index in [1.165, 1.54) is 23.1 Å². The molecule has 1 saturated heterocycles. The first-order chi connectivity index (χ1) is 14.9. The molecular formula is C22H23N3O4S2. The molecule has 3 aromatic rings. The van der Waals surface area contributed by atoms with E-state index >= 15 is 0 Å². The predicted octanol–water partition coefficient (Wildman–Crippen LogP) is 3.12. The first kappa shape index (κ1) is 21.7. The molecule has 2 aromatic heterocycles. The van der Waals surface area contributed by atoms with Crippen LogP contribution in [0.2, 0.25) is 0 Å². The van der Waals surface area contributed by atoms with Gasteiger partial charge in [-0.2, -0.15) is 0 Å². The van der Waals surface area contributed by atoms with E-state index < -0.39 is 6.10 Å². The molecule has 1 fully saturated rings. The van der Waals surface area contributed by atoms with Crippen LogP contribution < -0.4 is 4.74 Å². The SMILES string of the molecule is COc1ccc2nc(C)nc(SCC(=O)c3ccc(CCN4CCC(O)C4=O)s3)c2c1. The van der Waals surface area contributed by atoms with Crippen molar-refractivity contribution in [1.29, 1.82) is 0 Å². The van der Waals surface area contributed by atoms with Gasteiger partial charge >= 0.3 is 0 Å². The van der Waals surface area contributed by atoms with Crippen molar-refractivity contribution < 1.29 is 19.4 Å². The van der Waals surface area contributed by atoms with Crippen LogP contribution >= 0.6 is 23.1 Å². The molecule has 1 amide bonds. The van der Waals surface area contributed by atoms with Gasteiger partial charge in [0.05, 0.1) is 23.3 Å². The van der Waals surface area contributed by atoms with Crippen LogP contribution in [0, 0.1) is 6.92 Å². The summed E-state index contributed by atoms with van der Waals surface area (Å²) in [7, 11) is 1.61. The largest absolute Gasteiger partial charge is 0.497 e. The number of nitrogens with zero attached hydrogens (tertiary/aromatic N) is 3. The minimum atomic E-state index is -0.862. The van der Waals surface area contributed by atoms with Crippen LogP contribution in [0.4, 0.5) is 0 Å². The third kappa shape index (κ3) is 4.89. The monoisotopic (exact) mass is 457 g/mol. The van der Waals surface area contributed by atoms with E-state index in [1.54, 1.807) is 12.0 Å². The van der Waals surface area contributed by atoms with E-state index in [2.05, 4.69) is 9.97 Å². The number of fused-ring (bicyclic) bond motifs is 1. The maximum absolute atomic E-state index is 12.8. The smallest absolute Gasteiger partial charge is 0.251 e. The van der Waals surface area contributed by atoms with Gasteiger partial charge in [0.15, 0.2) is 5.78 Å². The number of Topliss-reactive ketones (excluding diaryl/α,β-unsaturated/α-hetero) is 1. The van der Waals surface area contributed by atoms with Gasteiger partial charge in [0.25, 0.3) is 5.91 Å². The quantitative estimate of drug-likeness (QED) is 0.316. The van der Waals surface area contributed by atoms with Crippen molar-refractivity contribution in [2.45, 2.75) is 30.9 Å².